The van der Waals surface area contributed by atoms with Gasteiger partial charge in [0.1, 0.15) is 128 Å². The normalized spacial score (nSPS) is 53.3. The SMILES string of the molecule is CC(=O)[C@H]1CC[C@H]2[C@@H]3CC(O[C@@H]4O[C@H](C)[C@@H](O)C(O[C@@H]5OC[C@@H](O[C@@H]6O[C@H](CO)[C@@H](O)[C@H](O)[C@H]6O[C@H]6O[C@H](C)[C@H](O)[C@H](O[C@@H]7O[C@H](CO)[C@@H](O)[C@H](O)[C@H]7O)[C@H]6O)[C@H](O)[C@H]5O[C@@H]5O[C@H](C)[C@H](O)[C@@H](O)[C@H]5O)[C@H]4O)C4C[C@@H](OS(=O)(=O)[O-])CC[C@]4(C)C3=CC[C@]12C.[Na+]. The molecule has 4 aliphatic carbocycles. The zero-order chi connectivity index (χ0) is 64.8. The summed E-state index contributed by atoms with van der Waals surface area (Å²) in [6, 6.07) is 0. The van der Waals surface area contributed by atoms with E-state index in [2.05, 4.69) is 19.9 Å². The molecule has 90 heavy (non-hydrogen) atoms. The molecule has 10 aliphatic rings. The summed E-state index contributed by atoms with van der Waals surface area (Å²) in [6.07, 6.45) is -48.5. The van der Waals surface area contributed by atoms with Crippen molar-refractivity contribution in [1.82, 2.24) is 0 Å². The minimum Gasteiger partial charge on any atom is -0.726 e. The molecule has 3 unspecified atom stereocenters. The zero-order valence-electron chi connectivity index (χ0n) is 50.9. The minimum atomic E-state index is -5.13. The van der Waals surface area contributed by atoms with Gasteiger partial charge in [-0.25, -0.2) is 8.42 Å². The van der Waals surface area contributed by atoms with Crippen LogP contribution in [0.1, 0.15) is 86.5 Å². The van der Waals surface area contributed by atoms with Gasteiger partial charge in [-0.15, -0.1) is 0 Å². The molecule has 6 heterocycles. The summed E-state index contributed by atoms with van der Waals surface area (Å²) in [5.41, 5.74) is 0.119. The number of ketones is 1. The topological polar surface area (TPSA) is 498 Å². The van der Waals surface area contributed by atoms with Crippen LogP contribution in [0.5, 0.6) is 0 Å². The van der Waals surface area contributed by atoms with Crippen molar-refractivity contribution in [3.05, 3.63) is 11.6 Å². The van der Waals surface area contributed by atoms with Gasteiger partial charge in [0, 0.05) is 5.92 Å². The van der Waals surface area contributed by atoms with Crippen LogP contribution in [0.2, 0.25) is 0 Å². The maximum Gasteiger partial charge on any atom is 1.00 e. The van der Waals surface area contributed by atoms with Crippen molar-refractivity contribution in [3.63, 3.8) is 0 Å². The van der Waals surface area contributed by atoms with E-state index in [-0.39, 0.29) is 71.4 Å². The fraction of sp³-hybridized carbons (Fsp3) is 0.946. The van der Waals surface area contributed by atoms with Gasteiger partial charge >= 0.3 is 29.6 Å². The Morgan fingerprint density at radius 1 is 0.544 bits per heavy atom. The quantitative estimate of drug-likeness (QED) is 0.0278. The molecule has 0 bridgehead atoms. The monoisotopic (exact) mass is 1330 g/mol. The van der Waals surface area contributed by atoms with Crippen LogP contribution in [0.3, 0.4) is 0 Å². The van der Waals surface area contributed by atoms with Gasteiger partial charge in [-0.05, 0) is 101 Å². The van der Waals surface area contributed by atoms with Crippen LogP contribution < -0.4 is 29.6 Å². The van der Waals surface area contributed by atoms with E-state index in [1.54, 1.807) is 6.92 Å². The number of rotatable bonds is 17. The first-order valence-electron chi connectivity index (χ1n) is 30.6. The predicted molar refractivity (Wildman–Crippen MR) is 287 cm³/mol. The molecule has 6 aliphatic heterocycles. The maximum absolute atomic E-state index is 13.1. The number of hydrogen-bond donors (Lipinski definition) is 15. The van der Waals surface area contributed by atoms with E-state index in [1.807, 2.05) is 0 Å². The molecule has 512 valence electrons. The minimum absolute atomic E-state index is 0. The molecule has 9 fully saturated rings. The molecule has 0 radical (unpaired) electrons. The van der Waals surface area contributed by atoms with E-state index in [0.29, 0.717) is 25.7 Å². The third-order valence-electron chi connectivity index (χ3n) is 21.0. The molecule has 32 nitrogen and oxygen atoms in total. The Hall–Kier alpha value is -0.800. The number of aliphatic hydroxyl groups excluding tert-OH is 15. The Morgan fingerprint density at radius 2 is 1.02 bits per heavy atom. The molecule has 10 rings (SSSR count). The first kappa shape index (κ1) is 73.4. The summed E-state index contributed by atoms with van der Waals surface area (Å²) in [4.78, 5) is 13.1. The number of Topliss-reactive ketones (excluding diaryl/α,β-unsaturated/α-hetero) is 1. The molecule has 0 aromatic carbocycles. The second kappa shape index (κ2) is 29.0. The van der Waals surface area contributed by atoms with E-state index < -0.39 is 232 Å². The van der Waals surface area contributed by atoms with Gasteiger partial charge in [-0.1, -0.05) is 25.5 Å². The van der Waals surface area contributed by atoms with Crippen LogP contribution in [0, 0.1) is 34.5 Å². The number of allylic oxidation sites excluding steroid dienone is 2. The number of carbonyl (C=O) groups excluding carboxylic acids is 1. The van der Waals surface area contributed by atoms with Crippen molar-refractivity contribution < 1.29 is 185 Å². The summed E-state index contributed by atoms with van der Waals surface area (Å²) in [5, 5.41) is 166. The smallest absolute Gasteiger partial charge is 0.726 e. The molecule has 0 spiro atoms. The third kappa shape index (κ3) is 14.1. The van der Waals surface area contributed by atoms with Crippen molar-refractivity contribution in [1.29, 1.82) is 0 Å². The number of fused-ring (bicyclic) bond motifs is 5. The molecule has 34 heteroatoms. The van der Waals surface area contributed by atoms with Crippen molar-refractivity contribution >= 4 is 16.2 Å². The predicted octanol–water partition coefficient (Wildman–Crippen LogP) is -9.36. The molecular weight excluding hydrogens is 1240 g/mol. The Kier molecular flexibility index (Phi) is 23.6. The Balaban J connectivity index is 0.00000960. The van der Waals surface area contributed by atoms with Gasteiger partial charge < -0.3 is 138 Å². The molecule has 0 aromatic rings. The molecule has 0 amide bonds. The van der Waals surface area contributed by atoms with Crippen molar-refractivity contribution in [3.8, 4) is 0 Å². The average Bonchev–Trinajstić information content (AvgIpc) is 1.27. The van der Waals surface area contributed by atoms with Gasteiger partial charge in [0.2, 0.25) is 10.4 Å². The summed E-state index contributed by atoms with van der Waals surface area (Å²) >= 11 is 0. The first-order chi connectivity index (χ1) is 41.8. The summed E-state index contributed by atoms with van der Waals surface area (Å²) in [5.74, 6) is -0.703. The number of carbonyl (C=O) groups is 1. The number of hydrogen-bond acceptors (Lipinski definition) is 32. The van der Waals surface area contributed by atoms with E-state index >= 15 is 0 Å². The van der Waals surface area contributed by atoms with E-state index in [9.17, 15) is 94.4 Å². The van der Waals surface area contributed by atoms with Gasteiger partial charge in [0.05, 0.1) is 50.3 Å². The van der Waals surface area contributed by atoms with Crippen LogP contribution in [-0.4, -0.2) is 306 Å². The molecule has 15 N–H and O–H groups in total. The fourth-order valence-corrected chi connectivity index (χ4v) is 16.3. The van der Waals surface area contributed by atoms with Crippen LogP contribution in [0.15, 0.2) is 11.6 Å². The van der Waals surface area contributed by atoms with E-state index in [4.69, 9.17) is 61.0 Å². The van der Waals surface area contributed by atoms with Crippen LogP contribution >= 0.6 is 0 Å². The third-order valence-corrected chi connectivity index (χ3v) is 21.5. The van der Waals surface area contributed by atoms with Crippen LogP contribution in [0.25, 0.3) is 0 Å². The van der Waals surface area contributed by atoms with Crippen molar-refractivity contribution in [2.45, 2.75) is 277 Å². The van der Waals surface area contributed by atoms with Gasteiger partial charge in [-0.3, -0.25) is 8.98 Å². The Morgan fingerprint density at radius 3 is 1.59 bits per heavy atom. The Bertz CT molecular complexity index is 2560. The van der Waals surface area contributed by atoms with Crippen LogP contribution in [0.4, 0.5) is 0 Å². The standard InChI is InChI=1S/C56H90O32S.Na/c1-18(59)24-7-8-25-23-14-28(27-13-22(88-89(73,74)75)9-11-56(27,6)26(23)10-12-55(24,25)5)80-51-43(71)46(34(62)20(3)78-51)85-53-47(86-49-41(69)38(66)32(60)19(2)77-49)37(65)31(17-76-53)83-54-48(40(68)36(64)30(16-58)82-54)87-52-44(72)45(33(61)21(4)79-52)84-50-42(70)39(67)35(63)29(15-57)81-50;/h10,19-25,27-54,57-58,60-72H,7-9,11-17H2,1-6H3,(H,73,74,75);/q;+1/p-1/t19-,20-,21-,22+,23+,24-,25+,27?,28?,29-,30-,31-,32+,33+,34-,35-,36-,37+,38-,39+,40+,41-,42-,43-,44-,45+,46?,47-,48-,49+,50+,51+,52-,53+,54+,55-,56-;/m1./s1. The summed E-state index contributed by atoms with van der Waals surface area (Å²) in [7, 11) is -5.13. The number of ether oxygens (including phenoxy) is 12. The molecule has 0 aromatic heterocycles. The number of aliphatic hydroxyl groups is 15. The molecule has 6 saturated heterocycles. The first-order valence-corrected chi connectivity index (χ1v) is 31.9. The fourth-order valence-electron chi connectivity index (χ4n) is 15.8. The van der Waals surface area contributed by atoms with Crippen molar-refractivity contribution in [2.24, 2.45) is 34.5 Å². The van der Waals surface area contributed by atoms with Gasteiger partial charge in [0.15, 0.2) is 37.7 Å². The maximum atomic E-state index is 13.1. The Labute approximate surface area is 541 Å². The second-order valence-electron chi connectivity index (χ2n) is 26.4. The van der Waals surface area contributed by atoms with Gasteiger partial charge in [0.25, 0.3) is 0 Å². The van der Waals surface area contributed by atoms with E-state index in [0.717, 1.165) is 12.0 Å². The average molecular weight is 1330 g/mol. The summed E-state index contributed by atoms with van der Waals surface area (Å²) < 4.78 is 113. The summed E-state index contributed by atoms with van der Waals surface area (Å²) in [6.45, 7) is 7.37. The molecule has 37 atom stereocenters. The van der Waals surface area contributed by atoms with E-state index in [1.165, 1.54) is 20.8 Å². The van der Waals surface area contributed by atoms with Crippen molar-refractivity contribution in [2.75, 3.05) is 19.8 Å². The molecular formula is C56H89NaO32S. The molecule has 3 saturated carbocycles. The van der Waals surface area contributed by atoms with Gasteiger partial charge in [-0.2, -0.15) is 0 Å². The van der Waals surface area contributed by atoms with Crippen LogP contribution in [-0.2, 0) is 76.2 Å². The largest absolute Gasteiger partial charge is 1.00 e. The second-order valence-corrected chi connectivity index (χ2v) is 27.4. The zero-order valence-corrected chi connectivity index (χ0v) is 53.7.